The molecule has 0 radical (unpaired) electrons. The van der Waals surface area contributed by atoms with Crippen molar-refractivity contribution < 1.29 is 9.15 Å². The molecule has 1 aromatic heterocycles. The number of hydrogen-bond acceptors (Lipinski definition) is 3. The van der Waals surface area contributed by atoms with Crippen LogP contribution in [0.15, 0.2) is 57.7 Å². The highest BCUT2D eigenvalue weighted by molar-refractivity contribution is 5.81. The van der Waals surface area contributed by atoms with E-state index in [2.05, 4.69) is 32.9 Å². The van der Waals surface area contributed by atoms with E-state index in [1.165, 1.54) is 5.56 Å². The summed E-state index contributed by atoms with van der Waals surface area (Å²) in [5, 5.41) is 0.538. The normalized spacial score (nSPS) is 11.7. The lowest BCUT2D eigenvalue weighted by atomic mass is 9.86. The van der Waals surface area contributed by atoms with Crippen LogP contribution >= 0.6 is 0 Å². The summed E-state index contributed by atoms with van der Waals surface area (Å²) in [7, 11) is 0. The molecule has 0 unspecified atom stereocenters. The van der Waals surface area contributed by atoms with E-state index in [-0.39, 0.29) is 16.6 Å². The van der Waals surface area contributed by atoms with E-state index in [0.717, 1.165) is 5.56 Å². The number of rotatable bonds is 3. The predicted octanol–water partition coefficient (Wildman–Crippen LogP) is 5.16. The van der Waals surface area contributed by atoms with Crippen molar-refractivity contribution in [2.45, 2.75) is 33.1 Å². The summed E-state index contributed by atoms with van der Waals surface area (Å²) in [4.78, 5) is 12.8. The molecule has 0 N–H and O–H groups in total. The molecule has 3 aromatic rings. The van der Waals surface area contributed by atoms with Crippen molar-refractivity contribution in [3.05, 3.63) is 64.3 Å². The van der Waals surface area contributed by atoms with E-state index in [1.807, 2.05) is 31.2 Å². The average Bonchev–Trinajstić information content (AvgIpc) is 2.57. The summed E-state index contributed by atoms with van der Waals surface area (Å²) in [5.74, 6) is 0.765. The van der Waals surface area contributed by atoms with Gasteiger partial charge in [-0.2, -0.15) is 0 Å². The lowest BCUT2D eigenvalue weighted by Crippen LogP contribution is -2.11. The van der Waals surface area contributed by atoms with Gasteiger partial charge in [0.05, 0.1) is 12.0 Å². The van der Waals surface area contributed by atoms with Gasteiger partial charge < -0.3 is 9.15 Å². The van der Waals surface area contributed by atoms with E-state index in [0.29, 0.717) is 23.3 Å². The second-order valence-electron chi connectivity index (χ2n) is 6.85. The van der Waals surface area contributed by atoms with Crippen LogP contribution in [-0.2, 0) is 5.41 Å². The average molecular weight is 322 g/mol. The maximum atomic E-state index is 12.8. The topological polar surface area (TPSA) is 39.4 Å². The molecule has 124 valence electrons. The second-order valence-corrected chi connectivity index (χ2v) is 6.85. The van der Waals surface area contributed by atoms with E-state index >= 15 is 0 Å². The molecule has 1 heterocycles. The van der Waals surface area contributed by atoms with Crippen LogP contribution in [0.1, 0.15) is 33.3 Å². The smallest absolute Gasteiger partial charge is 0.235 e. The van der Waals surface area contributed by atoms with Crippen LogP contribution in [0.4, 0.5) is 0 Å². The highest BCUT2D eigenvalue weighted by Gasteiger charge is 2.18. The van der Waals surface area contributed by atoms with Crippen molar-refractivity contribution in [1.82, 2.24) is 0 Å². The van der Waals surface area contributed by atoms with Crippen molar-refractivity contribution in [3.63, 3.8) is 0 Å². The Morgan fingerprint density at radius 2 is 1.67 bits per heavy atom. The fourth-order valence-electron chi connectivity index (χ4n) is 2.71. The summed E-state index contributed by atoms with van der Waals surface area (Å²) >= 11 is 0. The summed E-state index contributed by atoms with van der Waals surface area (Å²) in [6, 6.07) is 15.4. The van der Waals surface area contributed by atoms with E-state index in [9.17, 15) is 4.79 Å². The molecular formula is C21H22O3. The van der Waals surface area contributed by atoms with Crippen molar-refractivity contribution in [2.75, 3.05) is 6.61 Å². The molecule has 0 fully saturated rings. The van der Waals surface area contributed by atoms with Gasteiger partial charge in [-0.3, -0.25) is 4.79 Å². The number of para-hydroxylation sites is 1. The quantitative estimate of drug-likeness (QED) is 0.669. The van der Waals surface area contributed by atoms with Crippen LogP contribution in [0.25, 0.3) is 22.3 Å². The molecular weight excluding hydrogens is 300 g/mol. The fraction of sp³-hybridized carbons (Fsp3) is 0.286. The van der Waals surface area contributed by atoms with Crippen molar-refractivity contribution >= 4 is 11.0 Å². The summed E-state index contributed by atoms with van der Waals surface area (Å²) < 4.78 is 11.6. The highest BCUT2D eigenvalue weighted by Crippen LogP contribution is 2.32. The molecule has 0 aliphatic rings. The Bertz CT molecular complexity index is 912. The third-order valence-electron chi connectivity index (χ3n) is 4.06. The van der Waals surface area contributed by atoms with Crippen LogP contribution in [-0.4, -0.2) is 6.61 Å². The lowest BCUT2D eigenvalue weighted by Gasteiger charge is -2.19. The SMILES string of the molecule is CCOc1c(-c2ccc(C(C)(C)C)cc2)oc2ccccc2c1=O. The third kappa shape index (κ3) is 2.94. The standard InChI is InChI=1S/C21H22O3/c1-5-23-20-18(22)16-8-6-7-9-17(16)24-19(20)14-10-12-15(13-11-14)21(2,3)4/h6-13H,5H2,1-4H3. The predicted molar refractivity (Wildman–Crippen MR) is 97.8 cm³/mol. The van der Waals surface area contributed by atoms with E-state index in [1.54, 1.807) is 12.1 Å². The molecule has 0 aliphatic carbocycles. The number of benzene rings is 2. The van der Waals surface area contributed by atoms with E-state index < -0.39 is 0 Å². The highest BCUT2D eigenvalue weighted by atomic mass is 16.5. The Hall–Kier alpha value is -2.55. The molecule has 0 spiro atoms. The Morgan fingerprint density at radius 3 is 2.29 bits per heavy atom. The van der Waals surface area contributed by atoms with Crippen molar-refractivity contribution in [2.24, 2.45) is 0 Å². The lowest BCUT2D eigenvalue weighted by molar-refractivity contribution is 0.330. The Balaban J connectivity index is 2.21. The molecule has 0 atom stereocenters. The Labute approximate surface area is 141 Å². The zero-order valence-electron chi connectivity index (χ0n) is 14.6. The van der Waals surface area contributed by atoms with Crippen LogP contribution in [0, 0.1) is 0 Å². The number of hydrogen-bond donors (Lipinski definition) is 0. The van der Waals surface area contributed by atoms with Gasteiger partial charge in [0.1, 0.15) is 5.58 Å². The van der Waals surface area contributed by atoms with E-state index in [4.69, 9.17) is 9.15 Å². The molecule has 0 amide bonds. The van der Waals surface area contributed by atoms with Crippen LogP contribution < -0.4 is 10.2 Å². The Kier molecular flexibility index (Phi) is 4.18. The largest absolute Gasteiger partial charge is 0.487 e. The van der Waals surface area contributed by atoms with Gasteiger partial charge in [-0.25, -0.2) is 0 Å². The van der Waals surface area contributed by atoms with Gasteiger partial charge in [-0.15, -0.1) is 0 Å². The van der Waals surface area contributed by atoms with Crippen molar-refractivity contribution in [3.8, 4) is 17.1 Å². The fourth-order valence-corrected chi connectivity index (χ4v) is 2.71. The molecule has 24 heavy (non-hydrogen) atoms. The van der Waals surface area contributed by atoms with Gasteiger partial charge in [0, 0.05) is 5.56 Å². The zero-order chi connectivity index (χ0) is 17.3. The monoisotopic (exact) mass is 322 g/mol. The summed E-state index contributed by atoms with van der Waals surface area (Å²) in [6.45, 7) is 8.79. The van der Waals surface area contributed by atoms with Crippen molar-refractivity contribution in [1.29, 1.82) is 0 Å². The number of ether oxygens (including phenoxy) is 1. The first-order valence-electron chi connectivity index (χ1n) is 8.21. The first kappa shape index (κ1) is 16.3. The summed E-state index contributed by atoms with van der Waals surface area (Å²) in [6.07, 6.45) is 0. The molecule has 3 heteroatoms. The maximum Gasteiger partial charge on any atom is 0.235 e. The summed E-state index contributed by atoms with van der Waals surface area (Å²) in [5.41, 5.74) is 2.59. The molecule has 2 aromatic carbocycles. The molecule has 0 saturated carbocycles. The van der Waals surface area contributed by atoms with Crippen LogP contribution in [0.5, 0.6) is 5.75 Å². The Morgan fingerprint density at radius 1 is 1.00 bits per heavy atom. The van der Waals surface area contributed by atoms with Gasteiger partial charge in [0.15, 0.2) is 5.76 Å². The second kappa shape index (κ2) is 6.16. The van der Waals surface area contributed by atoms with Gasteiger partial charge >= 0.3 is 0 Å². The maximum absolute atomic E-state index is 12.8. The molecule has 3 rings (SSSR count). The zero-order valence-corrected chi connectivity index (χ0v) is 14.6. The molecule has 3 nitrogen and oxygen atoms in total. The minimum Gasteiger partial charge on any atom is -0.487 e. The molecule has 0 saturated heterocycles. The van der Waals surface area contributed by atoms with Gasteiger partial charge in [0.2, 0.25) is 11.2 Å². The van der Waals surface area contributed by atoms with Gasteiger partial charge in [-0.1, -0.05) is 57.2 Å². The third-order valence-corrected chi connectivity index (χ3v) is 4.06. The first-order chi connectivity index (χ1) is 11.4. The van der Waals surface area contributed by atoms with Gasteiger partial charge in [0.25, 0.3) is 0 Å². The molecule has 0 bridgehead atoms. The van der Waals surface area contributed by atoms with Gasteiger partial charge in [-0.05, 0) is 30.0 Å². The van der Waals surface area contributed by atoms with Crippen LogP contribution in [0.3, 0.4) is 0 Å². The minimum atomic E-state index is -0.131. The number of fused-ring (bicyclic) bond motifs is 1. The first-order valence-corrected chi connectivity index (χ1v) is 8.21. The minimum absolute atomic E-state index is 0.0749. The van der Waals surface area contributed by atoms with Crippen LogP contribution in [0.2, 0.25) is 0 Å². The molecule has 0 aliphatic heterocycles.